The number of hydrogen-bond donors (Lipinski definition) is 1. The van der Waals surface area contributed by atoms with Gasteiger partial charge in [-0.25, -0.2) is 0 Å². The van der Waals surface area contributed by atoms with E-state index in [0.717, 1.165) is 12.2 Å². The van der Waals surface area contributed by atoms with E-state index in [0.29, 0.717) is 6.04 Å². The Morgan fingerprint density at radius 1 is 1.00 bits per heavy atom. The summed E-state index contributed by atoms with van der Waals surface area (Å²) in [6.07, 6.45) is 5.09. The fourth-order valence-corrected chi connectivity index (χ4v) is 3.33. The summed E-state index contributed by atoms with van der Waals surface area (Å²) in [5.41, 5.74) is 9.54. The number of nitrogens with zero attached hydrogens (tertiary/aromatic N) is 1. The van der Waals surface area contributed by atoms with Crippen LogP contribution in [0.5, 0.6) is 0 Å². The van der Waals surface area contributed by atoms with Crippen molar-refractivity contribution in [2.45, 2.75) is 38.3 Å². The van der Waals surface area contributed by atoms with Crippen LogP contribution in [0.1, 0.15) is 30.4 Å². The van der Waals surface area contributed by atoms with Crippen LogP contribution >= 0.6 is 0 Å². The Hall–Kier alpha value is -1.80. The number of likely N-dealkylation sites (tertiary alicyclic amines) is 1. The van der Waals surface area contributed by atoms with Crippen molar-refractivity contribution in [3.05, 3.63) is 65.7 Å². The zero-order valence-corrected chi connectivity index (χ0v) is 12.5. The van der Waals surface area contributed by atoms with E-state index in [1.807, 2.05) is 6.07 Å². The van der Waals surface area contributed by atoms with E-state index in [2.05, 4.69) is 53.4 Å². The largest absolute Gasteiger partial charge is 0.399 e. The molecule has 1 unspecified atom stereocenters. The highest BCUT2D eigenvalue weighted by atomic mass is 15.2. The van der Waals surface area contributed by atoms with Crippen LogP contribution in [0.2, 0.25) is 0 Å². The van der Waals surface area contributed by atoms with Crippen molar-refractivity contribution < 1.29 is 0 Å². The van der Waals surface area contributed by atoms with Crippen molar-refractivity contribution in [3.8, 4) is 0 Å². The lowest BCUT2D eigenvalue weighted by atomic mass is 10.0. The zero-order valence-electron chi connectivity index (χ0n) is 12.5. The fraction of sp³-hybridized carbons (Fsp3) is 0.368. The van der Waals surface area contributed by atoms with Crippen LogP contribution in [0.25, 0.3) is 0 Å². The van der Waals surface area contributed by atoms with Gasteiger partial charge < -0.3 is 5.73 Å². The molecule has 1 atom stereocenters. The van der Waals surface area contributed by atoms with Crippen molar-refractivity contribution >= 4 is 5.69 Å². The molecule has 2 aromatic carbocycles. The first kappa shape index (κ1) is 14.2. The van der Waals surface area contributed by atoms with Gasteiger partial charge in [-0.15, -0.1) is 0 Å². The zero-order chi connectivity index (χ0) is 14.5. The molecule has 1 aliphatic heterocycles. The van der Waals surface area contributed by atoms with E-state index in [9.17, 15) is 0 Å². The number of aryl methyl sites for hydroxylation is 1. The molecule has 0 aliphatic carbocycles. The Labute approximate surface area is 127 Å². The van der Waals surface area contributed by atoms with Crippen molar-refractivity contribution in [3.63, 3.8) is 0 Å². The monoisotopic (exact) mass is 280 g/mol. The van der Waals surface area contributed by atoms with Gasteiger partial charge in [-0.2, -0.15) is 0 Å². The highest BCUT2D eigenvalue weighted by Crippen LogP contribution is 2.24. The summed E-state index contributed by atoms with van der Waals surface area (Å²) in [4.78, 5) is 2.62. The Morgan fingerprint density at radius 2 is 1.81 bits per heavy atom. The predicted octanol–water partition coefficient (Wildman–Crippen LogP) is 3.87. The smallest absolute Gasteiger partial charge is 0.0317 e. The molecule has 0 spiro atoms. The molecule has 2 aromatic rings. The summed E-state index contributed by atoms with van der Waals surface area (Å²) < 4.78 is 0. The molecule has 0 radical (unpaired) electrons. The Bertz CT molecular complexity index is 565. The van der Waals surface area contributed by atoms with Gasteiger partial charge in [-0.3, -0.25) is 4.90 Å². The predicted molar refractivity (Wildman–Crippen MR) is 89.0 cm³/mol. The number of anilines is 1. The fourth-order valence-electron chi connectivity index (χ4n) is 3.33. The molecule has 110 valence electrons. The standard InChI is InChI=1S/C19H24N2/c20-18-9-4-8-17(14-18)15-21-13-5-10-19(21)12-11-16-6-2-1-3-7-16/h1-4,6-9,14,19H,5,10-13,15,20H2. The van der Waals surface area contributed by atoms with E-state index >= 15 is 0 Å². The summed E-state index contributed by atoms with van der Waals surface area (Å²) in [6.45, 7) is 2.25. The van der Waals surface area contributed by atoms with Crippen LogP contribution in [-0.2, 0) is 13.0 Å². The van der Waals surface area contributed by atoms with Gasteiger partial charge in [0, 0.05) is 18.3 Å². The Balaban J connectivity index is 1.58. The maximum atomic E-state index is 5.88. The van der Waals surface area contributed by atoms with Gasteiger partial charge >= 0.3 is 0 Å². The molecule has 1 heterocycles. The molecule has 2 N–H and O–H groups in total. The molecule has 2 heteroatoms. The first-order valence-electron chi connectivity index (χ1n) is 7.93. The van der Waals surface area contributed by atoms with Gasteiger partial charge in [0.2, 0.25) is 0 Å². The van der Waals surface area contributed by atoms with Crippen molar-refractivity contribution in [2.24, 2.45) is 0 Å². The summed E-state index contributed by atoms with van der Waals surface area (Å²) in [6, 6.07) is 19.8. The maximum Gasteiger partial charge on any atom is 0.0317 e. The third kappa shape index (κ3) is 3.85. The van der Waals surface area contributed by atoms with Gasteiger partial charge in [0.25, 0.3) is 0 Å². The lowest BCUT2D eigenvalue weighted by Crippen LogP contribution is -2.29. The topological polar surface area (TPSA) is 29.3 Å². The van der Waals surface area contributed by atoms with Gasteiger partial charge in [-0.1, -0.05) is 42.5 Å². The van der Waals surface area contributed by atoms with E-state index in [4.69, 9.17) is 5.73 Å². The van der Waals surface area contributed by atoms with Crippen LogP contribution in [0.15, 0.2) is 54.6 Å². The normalized spacial score (nSPS) is 19.0. The van der Waals surface area contributed by atoms with E-state index in [1.165, 1.54) is 43.4 Å². The number of hydrogen-bond acceptors (Lipinski definition) is 2. The highest BCUT2D eigenvalue weighted by molar-refractivity contribution is 5.40. The number of rotatable bonds is 5. The molecule has 0 amide bonds. The summed E-state index contributed by atoms with van der Waals surface area (Å²) >= 11 is 0. The molecule has 21 heavy (non-hydrogen) atoms. The van der Waals surface area contributed by atoms with Gasteiger partial charge in [0.05, 0.1) is 0 Å². The first-order valence-corrected chi connectivity index (χ1v) is 7.93. The Kier molecular flexibility index (Phi) is 4.56. The number of nitrogens with two attached hydrogens (primary N) is 1. The third-order valence-electron chi connectivity index (χ3n) is 4.44. The molecule has 1 aliphatic rings. The third-order valence-corrected chi connectivity index (χ3v) is 4.44. The average Bonchev–Trinajstić information content (AvgIpc) is 2.93. The molecule has 3 rings (SSSR count). The van der Waals surface area contributed by atoms with Crippen LogP contribution in [0, 0.1) is 0 Å². The molecule has 0 saturated carbocycles. The molecule has 0 bridgehead atoms. The lowest BCUT2D eigenvalue weighted by Gasteiger charge is -2.24. The van der Waals surface area contributed by atoms with Gasteiger partial charge in [0.15, 0.2) is 0 Å². The lowest BCUT2D eigenvalue weighted by molar-refractivity contribution is 0.235. The maximum absolute atomic E-state index is 5.88. The van der Waals surface area contributed by atoms with Crippen molar-refractivity contribution in [1.29, 1.82) is 0 Å². The number of nitrogen functional groups attached to an aromatic ring is 1. The molecule has 1 fully saturated rings. The Morgan fingerprint density at radius 3 is 2.62 bits per heavy atom. The van der Waals surface area contributed by atoms with Crippen LogP contribution < -0.4 is 5.73 Å². The van der Waals surface area contributed by atoms with E-state index in [1.54, 1.807) is 0 Å². The quantitative estimate of drug-likeness (QED) is 0.843. The van der Waals surface area contributed by atoms with Crippen LogP contribution in [0.4, 0.5) is 5.69 Å². The van der Waals surface area contributed by atoms with Crippen LogP contribution in [0.3, 0.4) is 0 Å². The van der Waals surface area contributed by atoms with Crippen molar-refractivity contribution in [2.75, 3.05) is 12.3 Å². The average molecular weight is 280 g/mol. The second-order valence-corrected chi connectivity index (χ2v) is 6.04. The minimum absolute atomic E-state index is 0.714. The minimum Gasteiger partial charge on any atom is -0.399 e. The summed E-state index contributed by atoms with van der Waals surface area (Å²) in [5.74, 6) is 0. The molecular formula is C19H24N2. The molecule has 1 saturated heterocycles. The highest BCUT2D eigenvalue weighted by Gasteiger charge is 2.24. The molecular weight excluding hydrogens is 256 g/mol. The second kappa shape index (κ2) is 6.77. The van der Waals surface area contributed by atoms with Crippen LogP contribution in [-0.4, -0.2) is 17.5 Å². The number of benzene rings is 2. The minimum atomic E-state index is 0.714. The first-order chi connectivity index (χ1) is 10.3. The second-order valence-electron chi connectivity index (χ2n) is 6.04. The molecule has 0 aromatic heterocycles. The van der Waals surface area contributed by atoms with E-state index in [-0.39, 0.29) is 0 Å². The summed E-state index contributed by atoms with van der Waals surface area (Å²) in [5, 5.41) is 0. The van der Waals surface area contributed by atoms with Gasteiger partial charge in [-0.05, 0) is 55.5 Å². The van der Waals surface area contributed by atoms with E-state index < -0.39 is 0 Å². The molecule has 2 nitrogen and oxygen atoms in total. The SMILES string of the molecule is Nc1cccc(CN2CCCC2CCc2ccccc2)c1. The van der Waals surface area contributed by atoms with Crippen molar-refractivity contribution in [1.82, 2.24) is 4.90 Å². The summed E-state index contributed by atoms with van der Waals surface area (Å²) in [7, 11) is 0. The van der Waals surface area contributed by atoms with Gasteiger partial charge in [0.1, 0.15) is 0 Å².